The van der Waals surface area contributed by atoms with Crippen LogP contribution in [-0.2, 0) is 0 Å². The van der Waals surface area contributed by atoms with E-state index in [9.17, 15) is 9.90 Å². The van der Waals surface area contributed by atoms with Crippen LogP contribution in [0.25, 0.3) is 11.6 Å². The number of hydrogen-bond acceptors (Lipinski definition) is 4. The Hall–Kier alpha value is -2.14. The second kappa shape index (κ2) is 3.96. The van der Waals surface area contributed by atoms with Gasteiger partial charge in [-0.1, -0.05) is 29.5 Å². The van der Waals surface area contributed by atoms with E-state index in [0.29, 0.717) is 4.88 Å². The number of aliphatic imine (C=N–C) groups is 1. The zero-order valence-electron chi connectivity index (χ0n) is 9.60. The van der Waals surface area contributed by atoms with Crippen LogP contribution in [0, 0.1) is 0 Å². The molecular weight excluding hydrogens is 248 g/mol. The van der Waals surface area contributed by atoms with Crippen molar-refractivity contribution in [2.24, 2.45) is 4.99 Å². The van der Waals surface area contributed by atoms with Crippen molar-refractivity contribution in [3.8, 4) is 5.88 Å². The minimum Gasteiger partial charge on any atom is -0.493 e. The van der Waals surface area contributed by atoms with E-state index >= 15 is 0 Å². The third-order valence-corrected chi connectivity index (χ3v) is 3.62. The molecule has 2 heterocycles. The predicted molar refractivity (Wildman–Crippen MR) is 73.7 cm³/mol. The van der Waals surface area contributed by atoms with Gasteiger partial charge in [-0.2, -0.15) is 0 Å². The van der Waals surface area contributed by atoms with Crippen LogP contribution in [-0.4, -0.2) is 15.8 Å². The van der Waals surface area contributed by atoms with E-state index in [2.05, 4.69) is 9.98 Å². The van der Waals surface area contributed by atoms with E-state index in [1.165, 1.54) is 0 Å². The number of aromatic amines is 1. The van der Waals surface area contributed by atoms with E-state index < -0.39 is 0 Å². The number of fused-ring (bicyclic) bond motifs is 1. The predicted octanol–water partition coefficient (Wildman–Crippen LogP) is 2.79. The van der Waals surface area contributed by atoms with Crippen LogP contribution in [0.1, 0.15) is 17.4 Å². The smallest absolute Gasteiger partial charge is 0.307 e. The number of para-hydroxylation sites is 1. The van der Waals surface area contributed by atoms with Crippen LogP contribution < -0.4 is 4.87 Å². The van der Waals surface area contributed by atoms with E-state index in [1.54, 1.807) is 6.08 Å². The van der Waals surface area contributed by atoms with Crippen molar-refractivity contribution in [1.82, 2.24) is 4.98 Å². The first-order valence-electron chi connectivity index (χ1n) is 5.44. The maximum absolute atomic E-state index is 11.2. The molecule has 0 unspecified atom stereocenters. The molecular formula is C13H10N2O2S. The highest BCUT2D eigenvalue weighted by atomic mass is 32.1. The number of benzene rings is 1. The summed E-state index contributed by atoms with van der Waals surface area (Å²) in [4.78, 5) is 18.2. The number of hydrogen-bond donors (Lipinski definition) is 2. The van der Waals surface area contributed by atoms with Crippen molar-refractivity contribution in [3.05, 3.63) is 44.4 Å². The van der Waals surface area contributed by atoms with Gasteiger partial charge in [0, 0.05) is 16.8 Å². The van der Waals surface area contributed by atoms with E-state index in [-0.39, 0.29) is 10.8 Å². The van der Waals surface area contributed by atoms with Crippen molar-refractivity contribution >= 4 is 34.4 Å². The highest BCUT2D eigenvalue weighted by molar-refractivity contribution is 7.10. The van der Waals surface area contributed by atoms with E-state index in [1.807, 2.05) is 31.2 Å². The molecule has 0 atom stereocenters. The molecule has 90 valence electrons. The third kappa shape index (κ3) is 1.69. The number of thiazole rings is 1. The topological polar surface area (TPSA) is 65.5 Å². The molecule has 0 aliphatic carbocycles. The summed E-state index contributed by atoms with van der Waals surface area (Å²) in [5.74, 6) is -0.0883. The van der Waals surface area contributed by atoms with Gasteiger partial charge in [-0.15, -0.1) is 0 Å². The molecule has 0 spiro atoms. The first-order chi connectivity index (χ1) is 8.65. The number of rotatable bonds is 1. The number of allylic oxidation sites excluding steroid dienone is 1. The van der Waals surface area contributed by atoms with Crippen LogP contribution in [0.5, 0.6) is 5.88 Å². The van der Waals surface area contributed by atoms with E-state index in [0.717, 1.165) is 33.9 Å². The van der Waals surface area contributed by atoms with Gasteiger partial charge in [-0.25, -0.2) is 0 Å². The van der Waals surface area contributed by atoms with Crippen LogP contribution >= 0.6 is 11.3 Å². The first kappa shape index (κ1) is 11.0. The molecule has 1 aliphatic heterocycles. The standard InChI is InChI=1S/C13H10N2O2S/c1-7-9(6-11-12(16)15-13(17)18-11)8-4-2-3-5-10(8)14-7/h2-6,16H,1H3,(H,15,17)/b9-6-. The van der Waals surface area contributed by atoms with Crippen molar-refractivity contribution < 1.29 is 5.11 Å². The van der Waals surface area contributed by atoms with Gasteiger partial charge in [0.1, 0.15) is 0 Å². The molecule has 0 saturated heterocycles. The number of aromatic nitrogens is 1. The average Bonchev–Trinajstić information content (AvgIpc) is 2.81. The summed E-state index contributed by atoms with van der Waals surface area (Å²) in [6.07, 6.45) is 1.79. The Labute approximate surface area is 107 Å². The number of nitrogens with one attached hydrogen (secondary N) is 1. The van der Waals surface area contributed by atoms with Gasteiger partial charge in [-0.3, -0.25) is 14.8 Å². The van der Waals surface area contributed by atoms with Crippen molar-refractivity contribution in [2.45, 2.75) is 6.92 Å². The summed E-state index contributed by atoms with van der Waals surface area (Å²) < 4.78 is 0. The quantitative estimate of drug-likeness (QED) is 0.826. The Morgan fingerprint density at radius 3 is 2.89 bits per heavy atom. The molecule has 1 aromatic carbocycles. The lowest BCUT2D eigenvalue weighted by molar-refractivity contribution is 0.455. The Bertz CT molecular complexity index is 737. The number of aromatic hydroxyl groups is 1. The van der Waals surface area contributed by atoms with Gasteiger partial charge in [0.2, 0.25) is 5.88 Å². The van der Waals surface area contributed by atoms with Gasteiger partial charge >= 0.3 is 4.87 Å². The zero-order chi connectivity index (χ0) is 12.7. The fourth-order valence-electron chi connectivity index (χ4n) is 1.98. The number of H-pyrrole nitrogens is 1. The highest BCUT2D eigenvalue weighted by Crippen LogP contribution is 2.36. The SMILES string of the molecule is CC1=Nc2ccccc2/C1=C\c1sc(=O)[nH]c1O. The normalized spacial score (nSPS) is 15.8. The molecule has 5 heteroatoms. The summed E-state index contributed by atoms with van der Waals surface area (Å²) in [6, 6.07) is 7.80. The van der Waals surface area contributed by atoms with Gasteiger partial charge in [0.05, 0.1) is 10.6 Å². The van der Waals surface area contributed by atoms with Crippen molar-refractivity contribution in [3.63, 3.8) is 0 Å². The van der Waals surface area contributed by atoms with E-state index in [4.69, 9.17) is 0 Å². The Morgan fingerprint density at radius 1 is 1.39 bits per heavy atom. The summed E-state index contributed by atoms with van der Waals surface area (Å²) >= 11 is 0.985. The molecule has 18 heavy (non-hydrogen) atoms. The molecule has 0 amide bonds. The highest BCUT2D eigenvalue weighted by Gasteiger charge is 2.18. The molecule has 1 aliphatic rings. The molecule has 2 N–H and O–H groups in total. The van der Waals surface area contributed by atoms with Gasteiger partial charge in [0.25, 0.3) is 0 Å². The third-order valence-electron chi connectivity index (χ3n) is 2.80. The lowest BCUT2D eigenvalue weighted by Crippen LogP contribution is -1.89. The fourth-order valence-corrected chi connectivity index (χ4v) is 2.65. The van der Waals surface area contributed by atoms with Crippen LogP contribution in [0.3, 0.4) is 0 Å². The van der Waals surface area contributed by atoms with Crippen molar-refractivity contribution in [2.75, 3.05) is 0 Å². The monoisotopic (exact) mass is 258 g/mol. The average molecular weight is 258 g/mol. The van der Waals surface area contributed by atoms with Crippen molar-refractivity contribution in [1.29, 1.82) is 0 Å². The zero-order valence-corrected chi connectivity index (χ0v) is 10.4. The van der Waals surface area contributed by atoms with Gasteiger partial charge in [0.15, 0.2) is 0 Å². The lowest BCUT2D eigenvalue weighted by Gasteiger charge is -2.00. The Balaban J connectivity index is 2.16. The van der Waals surface area contributed by atoms with Crippen LogP contribution in [0.2, 0.25) is 0 Å². The molecule has 0 saturated carbocycles. The summed E-state index contributed by atoms with van der Waals surface area (Å²) in [6.45, 7) is 1.91. The Kier molecular flexibility index (Phi) is 2.41. The first-order valence-corrected chi connectivity index (χ1v) is 6.25. The summed E-state index contributed by atoms with van der Waals surface area (Å²) in [5, 5.41) is 9.60. The molecule has 3 rings (SSSR count). The molecule has 0 fully saturated rings. The largest absolute Gasteiger partial charge is 0.493 e. The molecule has 2 aromatic rings. The maximum atomic E-state index is 11.2. The summed E-state index contributed by atoms with van der Waals surface area (Å²) in [7, 11) is 0. The van der Waals surface area contributed by atoms with Crippen LogP contribution in [0.15, 0.2) is 34.1 Å². The van der Waals surface area contributed by atoms with Gasteiger partial charge < -0.3 is 5.11 Å². The number of nitrogens with zero attached hydrogens (tertiary/aromatic N) is 1. The minimum atomic E-state index is -0.264. The molecule has 4 nitrogen and oxygen atoms in total. The fraction of sp³-hybridized carbons (Fsp3) is 0.0769. The second-order valence-electron chi connectivity index (χ2n) is 4.00. The maximum Gasteiger partial charge on any atom is 0.307 e. The van der Waals surface area contributed by atoms with Crippen LogP contribution in [0.4, 0.5) is 5.69 Å². The Morgan fingerprint density at radius 2 is 2.17 bits per heavy atom. The molecule has 1 aromatic heterocycles. The van der Waals surface area contributed by atoms with Gasteiger partial charge in [-0.05, 0) is 19.1 Å². The second-order valence-corrected chi connectivity index (χ2v) is 5.01. The minimum absolute atomic E-state index is 0.0883. The molecule has 0 bridgehead atoms. The summed E-state index contributed by atoms with van der Waals surface area (Å²) in [5.41, 5.74) is 3.77. The molecule has 0 radical (unpaired) electrons. The lowest BCUT2D eigenvalue weighted by atomic mass is 10.0.